The van der Waals surface area contributed by atoms with Crippen molar-refractivity contribution in [2.45, 2.75) is 18.9 Å². The molecule has 0 spiro atoms. The first kappa shape index (κ1) is 16.8. The molecule has 9 heteroatoms. The highest BCUT2D eigenvalue weighted by atomic mass is 32.2. The van der Waals surface area contributed by atoms with E-state index in [-0.39, 0.29) is 6.04 Å². The lowest BCUT2D eigenvalue weighted by Crippen LogP contribution is -2.42. The van der Waals surface area contributed by atoms with Crippen molar-refractivity contribution < 1.29 is 8.42 Å². The van der Waals surface area contributed by atoms with Crippen molar-refractivity contribution in [1.82, 2.24) is 19.3 Å². The van der Waals surface area contributed by atoms with Crippen LogP contribution in [-0.4, -0.2) is 67.2 Å². The van der Waals surface area contributed by atoms with Crippen molar-refractivity contribution in [1.29, 1.82) is 0 Å². The van der Waals surface area contributed by atoms with E-state index in [0.29, 0.717) is 19.0 Å². The third-order valence-corrected chi connectivity index (χ3v) is 5.46. The molecule has 3 heterocycles. The molecule has 1 fully saturated rings. The number of hydrogen-bond acceptors (Lipinski definition) is 7. The van der Waals surface area contributed by atoms with E-state index >= 15 is 0 Å². The highest BCUT2D eigenvalue weighted by Crippen LogP contribution is 2.22. The van der Waals surface area contributed by atoms with Gasteiger partial charge in [-0.2, -0.15) is 0 Å². The molecule has 0 aliphatic carbocycles. The van der Waals surface area contributed by atoms with Crippen molar-refractivity contribution in [2.24, 2.45) is 0 Å². The SMILES string of the molecule is CN(C)c1nccc2cnc(NC3CCN(S(C)(=O)=O)CC3)nc12. The number of nitrogens with one attached hydrogen (secondary N) is 1. The van der Waals surface area contributed by atoms with Crippen LogP contribution in [0.15, 0.2) is 18.5 Å². The lowest BCUT2D eigenvalue weighted by Gasteiger charge is -2.30. The fourth-order valence-corrected chi connectivity index (χ4v) is 3.73. The fourth-order valence-electron chi connectivity index (χ4n) is 2.85. The molecule has 1 N–H and O–H groups in total. The molecule has 0 aromatic carbocycles. The first-order valence-electron chi connectivity index (χ1n) is 7.85. The number of sulfonamides is 1. The van der Waals surface area contributed by atoms with E-state index in [2.05, 4.69) is 20.3 Å². The predicted octanol–water partition coefficient (Wildman–Crippen LogP) is 0.927. The zero-order chi connectivity index (χ0) is 17.3. The predicted molar refractivity (Wildman–Crippen MR) is 94.7 cm³/mol. The Morgan fingerprint density at radius 2 is 1.96 bits per heavy atom. The van der Waals surface area contributed by atoms with Gasteiger partial charge >= 0.3 is 0 Å². The minimum Gasteiger partial charge on any atom is -0.361 e. The van der Waals surface area contributed by atoms with Crippen molar-refractivity contribution in [3.63, 3.8) is 0 Å². The van der Waals surface area contributed by atoms with Crippen LogP contribution in [0.1, 0.15) is 12.8 Å². The summed E-state index contributed by atoms with van der Waals surface area (Å²) >= 11 is 0. The lowest BCUT2D eigenvalue weighted by molar-refractivity contribution is 0.331. The second kappa shape index (κ2) is 6.48. The van der Waals surface area contributed by atoms with E-state index in [9.17, 15) is 8.42 Å². The van der Waals surface area contributed by atoms with E-state index < -0.39 is 10.0 Å². The van der Waals surface area contributed by atoms with Gasteiger partial charge in [-0.1, -0.05) is 0 Å². The number of anilines is 2. The van der Waals surface area contributed by atoms with Gasteiger partial charge in [0.25, 0.3) is 0 Å². The average molecular weight is 350 g/mol. The average Bonchev–Trinajstić information content (AvgIpc) is 2.53. The van der Waals surface area contributed by atoms with Gasteiger partial charge in [0, 0.05) is 51.0 Å². The summed E-state index contributed by atoms with van der Waals surface area (Å²) in [5, 5.41) is 4.26. The topological polar surface area (TPSA) is 91.3 Å². The summed E-state index contributed by atoms with van der Waals surface area (Å²) in [6, 6.07) is 2.05. The quantitative estimate of drug-likeness (QED) is 0.877. The van der Waals surface area contributed by atoms with E-state index in [1.54, 1.807) is 12.4 Å². The van der Waals surface area contributed by atoms with Crippen LogP contribution in [-0.2, 0) is 10.0 Å². The van der Waals surface area contributed by atoms with E-state index in [4.69, 9.17) is 0 Å². The summed E-state index contributed by atoms with van der Waals surface area (Å²) in [6.07, 6.45) is 6.26. The molecule has 0 amide bonds. The molecule has 0 saturated carbocycles. The van der Waals surface area contributed by atoms with Gasteiger partial charge in [0.1, 0.15) is 5.52 Å². The van der Waals surface area contributed by atoms with Crippen molar-refractivity contribution in [3.05, 3.63) is 18.5 Å². The third-order valence-electron chi connectivity index (χ3n) is 4.16. The van der Waals surface area contributed by atoms with E-state index in [0.717, 1.165) is 29.6 Å². The number of pyridine rings is 1. The number of rotatable bonds is 4. The summed E-state index contributed by atoms with van der Waals surface area (Å²) in [4.78, 5) is 15.3. The van der Waals surface area contributed by atoms with Gasteiger partial charge in [0.2, 0.25) is 16.0 Å². The van der Waals surface area contributed by atoms with Crippen LogP contribution in [0.2, 0.25) is 0 Å². The first-order valence-corrected chi connectivity index (χ1v) is 9.70. The molecule has 0 unspecified atom stereocenters. The number of aromatic nitrogens is 3. The molecule has 0 radical (unpaired) electrons. The van der Waals surface area contributed by atoms with Crippen LogP contribution in [0, 0.1) is 0 Å². The molecule has 2 aromatic heterocycles. The van der Waals surface area contributed by atoms with Crippen LogP contribution >= 0.6 is 0 Å². The number of nitrogens with zero attached hydrogens (tertiary/aromatic N) is 5. The number of fused-ring (bicyclic) bond motifs is 1. The molecule has 1 saturated heterocycles. The lowest BCUT2D eigenvalue weighted by atomic mass is 10.1. The maximum atomic E-state index is 11.6. The molecule has 1 aliphatic rings. The second-order valence-corrected chi connectivity index (χ2v) is 8.22. The van der Waals surface area contributed by atoms with Gasteiger partial charge in [-0.05, 0) is 18.9 Å². The smallest absolute Gasteiger partial charge is 0.223 e. The Labute approximate surface area is 142 Å². The zero-order valence-corrected chi connectivity index (χ0v) is 14.9. The highest BCUT2D eigenvalue weighted by molar-refractivity contribution is 7.88. The second-order valence-electron chi connectivity index (χ2n) is 6.24. The Bertz CT molecular complexity index is 831. The van der Waals surface area contributed by atoms with Crippen molar-refractivity contribution in [2.75, 3.05) is 43.7 Å². The Balaban J connectivity index is 1.76. The first-order chi connectivity index (χ1) is 11.3. The molecule has 0 atom stereocenters. The van der Waals surface area contributed by atoms with Gasteiger partial charge in [-0.25, -0.2) is 27.7 Å². The van der Waals surface area contributed by atoms with Crippen molar-refractivity contribution in [3.8, 4) is 0 Å². The largest absolute Gasteiger partial charge is 0.361 e. The highest BCUT2D eigenvalue weighted by Gasteiger charge is 2.25. The van der Waals surface area contributed by atoms with Gasteiger partial charge in [0.05, 0.1) is 6.26 Å². The van der Waals surface area contributed by atoms with Crippen LogP contribution in [0.5, 0.6) is 0 Å². The number of hydrogen-bond donors (Lipinski definition) is 1. The standard InChI is InChI=1S/C15H22N6O2S/c1-20(2)14-13-11(4-7-16-14)10-17-15(19-13)18-12-5-8-21(9-6-12)24(3,22)23/h4,7,10,12H,5-6,8-9H2,1-3H3,(H,17,18,19). The molecule has 130 valence electrons. The number of piperidine rings is 1. The monoisotopic (exact) mass is 350 g/mol. The molecule has 2 aromatic rings. The molecule has 3 rings (SSSR count). The van der Waals surface area contributed by atoms with E-state index in [1.165, 1.54) is 10.6 Å². The molecular formula is C15H22N6O2S. The molecule has 24 heavy (non-hydrogen) atoms. The summed E-state index contributed by atoms with van der Waals surface area (Å²) in [6.45, 7) is 1.04. The summed E-state index contributed by atoms with van der Waals surface area (Å²) in [5.41, 5.74) is 0.800. The minimum absolute atomic E-state index is 0.167. The Kier molecular flexibility index (Phi) is 4.55. The molecule has 1 aliphatic heterocycles. The van der Waals surface area contributed by atoms with Gasteiger partial charge in [-0.15, -0.1) is 0 Å². The maximum absolute atomic E-state index is 11.6. The molecule has 8 nitrogen and oxygen atoms in total. The normalized spacial score (nSPS) is 17.1. The Morgan fingerprint density at radius 1 is 1.25 bits per heavy atom. The van der Waals surface area contributed by atoms with Crippen LogP contribution in [0.3, 0.4) is 0 Å². The molecular weight excluding hydrogens is 328 g/mol. The Morgan fingerprint density at radius 3 is 2.58 bits per heavy atom. The van der Waals surface area contributed by atoms with E-state index in [1.807, 2.05) is 25.1 Å². The van der Waals surface area contributed by atoms with Crippen LogP contribution in [0.4, 0.5) is 11.8 Å². The fraction of sp³-hybridized carbons (Fsp3) is 0.533. The maximum Gasteiger partial charge on any atom is 0.223 e. The minimum atomic E-state index is -3.11. The third kappa shape index (κ3) is 3.57. The summed E-state index contributed by atoms with van der Waals surface area (Å²) in [5.74, 6) is 1.35. The summed E-state index contributed by atoms with van der Waals surface area (Å²) in [7, 11) is 0.751. The van der Waals surface area contributed by atoms with Gasteiger partial charge < -0.3 is 10.2 Å². The van der Waals surface area contributed by atoms with Crippen LogP contribution in [0.25, 0.3) is 10.9 Å². The Hall–Kier alpha value is -2.00. The van der Waals surface area contributed by atoms with Crippen molar-refractivity contribution >= 4 is 32.7 Å². The van der Waals surface area contributed by atoms with Gasteiger partial charge in [-0.3, -0.25) is 0 Å². The summed E-state index contributed by atoms with van der Waals surface area (Å²) < 4.78 is 24.7. The van der Waals surface area contributed by atoms with Gasteiger partial charge in [0.15, 0.2) is 5.82 Å². The van der Waals surface area contributed by atoms with Crippen LogP contribution < -0.4 is 10.2 Å². The zero-order valence-electron chi connectivity index (χ0n) is 14.1. The molecule has 0 bridgehead atoms.